The van der Waals surface area contributed by atoms with Crippen molar-refractivity contribution in [1.82, 2.24) is 9.97 Å². The van der Waals surface area contributed by atoms with Crippen LogP contribution in [0.2, 0.25) is 0 Å². The molecule has 0 saturated carbocycles. The van der Waals surface area contributed by atoms with Crippen molar-refractivity contribution in [2.75, 3.05) is 26.8 Å². The summed E-state index contributed by atoms with van der Waals surface area (Å²) >= 11 is 0. The van der Waals surface area contributed by atoms with Gasteiger partial charge in [0.25, 0.3) is 15.9 Å². The van der Waals surface area contributed by atoms with Gasteiger partial charge in [-0.25, -0.2) is 23.1 Å². The summed E-state index contributed by atoms with van der Waals surface area (Å²) in [4.78, 5) is 47.2. The molecule has 5 rings (SSSR count). The number of hydrogen-bond acceptors (Lipinski definition) is 7. The van der Waals surface area contributed by atoms with Gasteiger partial charge in [0.2, 0.25) is 17.8 Å². The third-order valence-electron chi connectivity index (χ3n) is 6.19. The average molecular weight is 557 g/mol. The van der Waals surface area contributed by atoms with Crippen LogP contribution in [0, 0.1) is 5.92 Å². The van der Waals surface area contributed by atoms with Crippen LogP contribution >= 0.6 is 0 Å². The molecule has 1 aliphatic rings. The van der Waals surface area contributed by atoms with Crippen molar-refractivity contribution in [2.24, 2.45) is 5.92 Å². The molecule has 11 nitrogen and oxygen atoms in total. The molecule has 3 amide bonds. The number of amides is 3. The quantitative estimate of drug-likeness (QED) is 0.300. The maximum Gasteiger partial charge on any atom is 0.264 e. The van der Waals surface area contributed by atoms with Crippen LogP contribution in [0.4, 0.5) is 23.0 Å². The number of nitrogens with one attached hydrogen (secondary N) is 3. The molecular weight excluding hydrogens is 532 g/mol. The summed E-state index contributed by atoms with van der Waals surface area (Å²) in [6, 6.07) is 22.7. The van der Waals surface area contributed by atoms with Crippen LogP contribution in [-0.4, -0.2) is 42.7 Å². The lowest BCUT2D eigenvalue weighted by atomic mass is 10.1. The number of anilines is 4. The lowest BCUT2D eigenvalue weighted by Crippen LogP contribution is -2.28. The summed E-state index contributed by atoms with van der Waals surface area (Å²) in [5.74, 6) is -1.33. The fraction of sp³-hybridized carbons (Fsp3) is 0.107. The van der Waals surface area contributed by atoms with Crippen molar-refractivity contribution in [3.05, 3.63) is 103 Å². The molecule has 0 radical (unpaired) electrons. The van der Waals surface area contributed by atoms with E-state index in [-0.39, 0.29) is 29.1 Å². The maximum atomic E-state index is 12.8. The fourth-order valence-electron chi connectivity index (χ4n) is 4.14. The molecule has 0 spiro atoms. The molecule has 1 fully saturated rings. The summed E-state index contributed by atoms with van der Waals surface area (Å²) in [6.07, 6.45) is 2.96. The molecule has 202 valence electrons. The van der Waals surface area contributed by atoms with Crippen LogP contribution < -0.4 is 20.3 Å². The number of sulfonamides is 1. The predicted octanol–water partition coefficient (Wildman–Crippen LogP) is 3.52. The van der Waals surface area contributed by atoms with Gasteiger partial charge in [0.1, 0.15) is 0 Å². The summed E-state index contributed by atoms with van der Waals surface area (Å²) in [6.45, 7) is 0.297. The van der Waals surface area contributed by atoms with Gasteiger partial charge in [-0.05, 0) is 66.7 Å². The number of nitrogens with zero attached hydrogens (tertiary/aromatic N) is 3. The first-order valence-electron chi connectivity index (χ1n) is 12.3. The van der Waals surface area contributed by atoms with Crippen LogP contribution in [-0.2, 0) is 19.6 Å². The zero-order valence-electron chi connectivity index (χ0n) is 21.0. The molecule has 0 aliphatic carbocycles. The van der Waals surface area contributed by atoms with Crippen LogP contribution in [0.5, 0.6) is 0 Å². The van der Waals surface area contributed by atoms with Gasteiger partial charge in [-0.15, -0.1) is 0 Å². The van der Waals surface area contributed by atoms with E-state index in [2.05, 4.69) is 25.3 Å². The minimum Gasteiger partial charge on any atom is -0.326 e. The normalized spacial score (nSPS) is 14.9. The highest BCUT2D eigenvalue weighted by molar-refractivity contribution is 7.92. The van der Waals surface area contributed by atoms with Crippen LogP contribution in [0.15, 0.2) is 102 Å². The molecule has 2 heterocycles. The Morgan fingerprint density at radius 2 is 1.43 bits per heavy atom. The molecular formula is C28H24N6O5S. The second kappa shape index (κ2) is 11.3. The van der Waals surface area contributed by atoms with Crippen molar-refractivity contribution in [3.8, 4) is 0 Å². The molecule has 3 N–H and O–H groups in total. The summed E-state index contributed by atoms with van der Waals surface area (Å²) in [7, 11) is -3.90. The molecule has 1 unspecified atom stereocenters. The zero-order valence-corrected chi connectivity index (χ0v) is 21.8. The van der Waals surface area contributed by atoms with Crippen molar-refractivity contribution >= 4 is 50.8 Å². The van der Waals surface area contributed by atoms with E-state index in [0.717, 1.165) is 5.69 Å². The maximum absolute atomic E-state index is 12.8. The van der Waals surface area contributed by atoms with Crippen molar-refractivity contribution in [1.29, 1.82) is 0 Å². The Morgan fingerprint density at radius 1 is 0.800 bits per heavy atom. The number of aromatic nitrogens is 2. The molecule has 3 aromatic carbocycles. The van der Waals surface area contributed by atoms with Gasteiger partial charge in [0, 0.05) is 48.0 Å². The number of para-hydroxylation sites is 1. The van der Waals surface area contributed by atoms with E-state index in [1.54, 1.807) is 35.2 Å². The molecule has 1 atom stereocenters. The van der Waals surface area contributed by atoms with Crippen LogP contribution in [0.25, 0.3) is 0 Å². The van der Waals surface area contributed by atoms with Gasteiger partial charge < -0.3 is 15.5 Å². The van der Waals surface area contributed by atoms with Gasteiger partial charge in [-0.1, -0.05) is 18.2 Å². The molecule has 12 heteroatoms. The Morgan fingerprint density at radius 3 is 2.10 bits per heavy atom. The SMILES string of the molecule is O=C(Nc1ccc(S(=O)(=O)Nc2ncccn2)cc1)c1ccc(NC(=O)C2CC(=O)N(c3ccccc3)C2)cc1. The lowest BCUT2D eigenvalue weighted by Gasteiger charge is -2.16. The number of benzene rings is 3. The molecule has 1 aromatic heterocycles. The molecule has 1 aliphatic heterocycles. The fourth-order valence-corrected chi connectivity index (χ4v) is 5.10. The van der Waals surface area contributed by atoms with E-state index in [9.17, 15) is 22.8 Å². The van der Waals surface area contributed by atoms with E-state index in [4.69, 9.17) is 0 Å². The standard InChI is InChI=1S/C28H24N6O5S/c35-25-17-20(18-34(25)23-5-2-1-3-6-23)27(37)32-21-9-7-19(8-10-21)26(36)31-22-11-13-24(14-12-22)40(38,39)33-28-29-15-4-16-30-28/h1-16,20H,17-18H2,(H,31,36)(H,32,37)(H,29,30,33). The van der Waals surface area contributed by atoms with E-state index in [1.165, 1.54) is 36.7 Å². The Bertz CT molecular complexity index is 1630. The summed E-state index contributed by atoms with van der Waals surface area (Å²) in [5.41, 5.74) is 1.99. The molecule has 0 bridgehead atoms. The topological polar surface area (TPSA) is 150 Å². The number of rotatable bonds is 8. The van der Waals surface area contributed by atoms with Crippen molar-refractivity contribution in [3.63, 3.8) is 0 Å². The average Bonchev–Trinajstić information content (AvgIpc) is 3.36. The van der Waals surface area contributed by atoms with Gasteiger partial charge in [0.15, 0.2) is 0 Å². The lowest BCUT2D eigenvalue weighted by molar-refractivity contribution is -0.122. The van der Waals surface area contributed by atoms with Gasteiger partial charge in [-0.2, -0.15) is 0 Å². The van der Waals surface area contributed by atoms with E-state index < -0.39 is 21.8 Å². The third kappa shape index (κ3) is 6.13. The van der Waals surface area contributed by atoms with Crippen LogP contribution in [0.1, 0.15) is 16.8 Å². The van der Waals surface area contributed by atoms with Gasteiger partial charge in [-0.3, -0.25) is 14.4 Å². The van der Waals surface area contributed by atoms with E-state index in [1.807, 2.05) is 30.3 Å². The monoisotopic (exact) mass is 556 g/mol. The van der Waals surface area contributed by atoms with Gasteiger partial charge in [0.05, 0.1) is 10.8 Å². The largest absolute Gasteiger partial charge is 0.326 e. The van der Waals surface area contributed by atoms with Crippen molar-refractivity contribution < 1.29 is 22.8 Å². The number of hydrogen-bond donors (Lipinski definition) is 3. The molecule has 4 aromatic rings. The molecule has 1 saturated heterocycles. The second-order valence-corrected chi connectivity index (χ2v) is 10.6. The smallest absolute Gasteiger partial charge is 0.264 e. The molecule has 40 heavy (non-hydrogen) atoms. The Hall–Kier alpha value is -5.10. The minimum absolute atomic E-state index is 0.0195. The first kappa shape index (κ1) is 26.5. The first-order valence-corrected chi connectivity index (χ1v) is 13.7. The Balaban J connectivity index is 1.16. The number of carbonyl (C=O) groups is 3. The zero-order chi connectivity index (χ0) is 28.1. The van der Waals surface area contributed by atoms with E-state index >= 15 is 0 Å². The summed E-state index contributed by atoms with van der Waals surface area (Å²) in [5, 5.41) is 5.52. The highest BCUT2D eigenvalue weighted by Crippen LogP contribution is 2.26. The highest BCUT2D eigenvalue weighted by atomic mass is 32.2. The van der Waals surface area contributed by atoms with E-state index in [0.29, 0.717) is 23.5 Å². The third-order valence-corrected chi connectivity index (χ3v) is 7.54. The Labute approximate surface area is 230 Å². The second-order valence-electron chi connectivity index (χ2n) is 8.96. The summed E-state index contributed by atoms with van der Waals surface area (Å²) < 4.78 is 27.3. The number of carbonyl (C=O) groups excluding carboxylic acids is 3. The van der Waals surface area contributed by atoms with Gasteiger partial charge >= 0.3 is 0 Å². The highest BCUT2D eigenvalue weighted by Gasteiger charge is 2.35. The van der Waals surface area contributed by atoms with Crippen LogP contribution in [0.3, 0.4) is 0 Å². The minimum atomic E-state index is -3.90. The van der Waals surface area contributed by atoms with Crippen molar-refractivity contribution in [2.45, 2.75) is 11.3 Å². The first-order chi connectivity index (χ1) is 19.3. The predicted molar refractivity (Wildman–Crippen MR) is 149 cm³/mol. The Kier molecular flexibility index (Phi) is 7.51.